The van der Waals surface area contributed by atoms with Crippen LogP contribution in [0.5, 0.6) is 17.2 Å². The lowest BCUT2D eigenvalue weighted by Crippen LogP contribution is -2.39. The van der Waals surface area contributed by atoms with Crippen LogP contribution in [0.3, 0.4) is 0 Å². The van der Waals surface area contributed by atoms with Crippen LogP contribution in [-0.2, 0) is 24.3 Å². The molecule has 3 rings (SSSR count). The highest BCUT2D eigenvalue weighted by molar-refractivity contribution is 7.92. The molecule has 0 aliphatic heterocycles. The molecular formula is C26H27N3O8S. The van der Waals surface area contributed by atoms with Gasteiger partial charge >= 0.3 is 5.97 Å². The highest BCUT2D eigenvalue weighted by Gasteiger charge is 2.29. The lowest BCUT2D eigenvalue weighted by atomic mass is 10.2. The molecule has 11 nitrogen and oxygen atoms in total. The second-order valence-electron chi connectivity index (χ2n) is 7.59. The van der Waals surface area contributed by atoms with Crippen molar-refractivity contribution in [3.8, 4) is 17.2 Å². The Morgan fingerprint density at radius 2 is 1.61 bits per heavy atom. The number of hydrogen-bond acceptors (Lipinski definition) is 9. The molecule has 0 atom stereocenters. The van der Waals surface area contributed by atoms with Gasteiger partial charge in [0.15, 0.2) is 6.61 Å². The van der Waals surface area contributed by atoms with E-state index >= 15 is 0 Å². The van der Waals surface area contributed by atoms with E-state index in [-0.39, 0.29) is 22.9 Å². The number of hydrogen-bond donors (Lipinski definition) is 1. The molecule has 0 heterocycles. The molecule has 3 aromatic carbocycles. The van der Waals surface area contributed by atoms with Gasteiger partial charge in [-0.05, 0) is 54.1 Å². The third kappa shape index (κ3) is 7.23. The van der Waals surface area contributed by atoms with Gasteiger partial charge in [-0.1, -0.05) is 18.2 Å². The van der Waals surface area contributed by atoms with Crippen LogP contribution in [0.2, 0.25) is 0 Å². The number of nitrogens with one attached hydrogen (secondary N) is 1. The van der Waals surface area contributed by atoms with Crippen molar-refractivity contribution in [1.82, 2.24) is 5.43 Å². The predicted molar refractivity (Wildman–Crippen MR) is 140 cm³/mol. The van der Waals surface area contributed by atoms with Crippen LogP contribution in [0.25, 0.3) is 0 Å². The molecule has 0 bridgehead atoms. The van der Waals surface area contributed by atoms with E-state index in [0.717, 1.165) is 4.31 Å². The van der Waals surface area contributed by atoms with E-state index in [4.69, 9.17) is 14.2 Å². The minimum Gasteiger partial charge on any atom is -0.497 e. The van der Waals surface area contributed by atoms with Crippen LogP contribution in [0.4, 0.5) is 5.69 Å². The summed E-state index contributed by atoms with van der Waals surface area (Å²) in [6.45, 7) is -0.793. The first-order valence-electron chi connectivity index (χ1n) is 11.2. The molecular weight excluding hydrogens is 514 g/mol. The van der Waals surface area contributed by atoms with Crippen LogP contribution in [0, 0.1) is 0 Å². The topological polar surface area (TPSA) is 133 Å². The second kappa shape index (κ2) is 13.1. The standard InChI is InChI=1S/C26H27N3O8S/c1-34-21-13-14-23(24(15-21)35-2)29(38(32,33)22-7-5-4-6-8-22)17-25(30)28-27-16-19-9-11-20(12-10-19)37-18-26(31)36-3/h4-16H,17-18H2,1-3H3,(H,28,30)/b27-16-. The number of ether oxygens (including phenoxy) is 4. The summed E-state index contributed by atoms with van der Waals surface area (Å²) >= 11 is 0. The zero-order valence-electron chi connectivity index (χ0n) is 21.0. The summed E-state index contributed by atoms with van der Waals surface area (Å²) in [7, 11) is -0.0126. The van der Waals surface area contributed by atoms with Crippen LogP contribution in [-0.4, -0.2) is 61.0 Å². The largest absolute Gasteiger partial charge is 0.497 e. The average Bonchev–Trinajstić information content (AvgIpc) is 2.95. The van der Waals surface area contributed by atoms with E-state index in [1.165, 1.54) is 51.8 Å². The zero-order chi connectivity index (χ0) is 27.5. The van der Waals surface area contributed by atoms with Gasteiger partial charge in [-0.15, -0.1) is 0 Å². The number of benzene rings is 3. The minimum atomic E-state index is -4.14. The first-order chi connectivity index (χ1) is 18.3. The minimum absolute atomic E-state index is 0.00341. The molecule has 0 aliphatic rings. The maximum Gasteiger partial charge on any atom is 0.343 e. The van der Waals surface area contributed by atoms with Gasteiger partial charge in [0.2, 0.25) is 0 Å². The number of carbonyl (C=O) groups is 2. The Kier molecular flexibility index (Phi) is 9.66. The Morgan fingerprint density at radius 3 is 2.24 bits per heavy atom. The van der Waals surface area contributed by atoms with Crippen molar-refractivity contribution >= 4 is 33.8 Å². The van der Waals surface area contributed by atoms with E-state index in [1.54, 1.807) is 48.5 Å². The van der Waals surface area contributed by atoms with Crippen molar-refractivity contribution in [2.75, 3.05) is 38.8 Å². The molecule has 0 aromatic heterocycles. The Balaban J connectivity index is 1.77. The number of nitrogens with zero attached hydrogens (tertiary/aromatic N) is 2. The predicted octanol–water partition coefficient (Wildman–Crippen LogP) is 2.60. The zero-order valence-corrected chi connectivity index (χ0v) is 21.8. The SMILES string of the molecule is COC(=O)COc1ccc(/C=N\NC(=O)CN(c2ccc(OC)cc2OC)S(=O)(=O)c2ccccc2)cc1. The van der Waals surface area contributed by atoms with E-state index in [9.17, 15) is 18.0 Å². The van der Waals surface area contributed by atoms with Gasteiger partial charge in [-0.3, -0.25) is 9.10 Å². The summed E-state index contributed by atoms with van der Waals surface area (Å²) in [6.07, 6.45) is 1.38. The van der Waals surface area contributed by atoms with Crippen LogP contribution in [0.1, 0.15) is 5.56 Å². The van der Waals surface area contributed by atoms with Crippen LogP contribution in [0.15, 0.2) is 82.8 Å². The third-order valence-electron chi connectivity index (χ3n) is 5.14. The van der Waals surface area contributed by atoms with Crippen molar-refractivity contribution in [3.63, 3.8) is 0 Å². The Bertz CT molecular complexity index is 1380. The van der Waals surface area contributed by atoms with Gasteiger partial charge in [0, 0.05) is 6.07 Å². The lowest BCUT2D eigenvalue weighted by molar-refractivity contribution is -0.142. The van der Waals surface area contributed by atoms with Gasteiger partial charge in [-0.2, -0.15) is 5.10 Å². The molecule has 0 unspecified atom stereocenters. The number of amides is 1. The Morgan fingerprint density at radius 1 is 0.921 bits per heavy atom. The van der Waals surface area contributed by atoms with Gasteiger partial charge in [0.05, 0.1) is 38.1 Å². The number of methoxy groups -OCH3 is 3. The molecule has 0 saturated heterocycles. The molecule has 0 fully saturated rings. The number of hydrazone groups is 1. The van der Waals surface area contributed by atoms with Gasteiger partial charge in [0.25, 0.3) is 15.9 Å². The molecule has 3 aromatic rings. The highest BCUT2D eigenvalue weighted by atomic mass is 32.2. The molecule has 0 saturated carbocycles. The number of rotatable bonds is 12. The molecule has 0 radical (unpaired) electrons. The van der Waals surface area contributed by atoms with Crippen molar-refractivity contribution < 1.29 is 37.0 Å². The van der Waals surface area contributed by atoms with Crippen molar-refractivity contribution in [2.24, 2.45) is 5.10 Å². The summed E-state index contributed by atoms with van der Waals surface area (Å²) in [4.78, 5) is 24.0. The number of esters is 1. The number of carbonyl (C=O) groups excluding carboxylic acids is 2. The number of anilines is 1. The highest BCUT2D eigenvalue weighted by Crippen LogP contribution is 2.35. The van der Waals surface area contributed by atoms with Gasteiger partial charge in [0.1, 0.15) is 23.8 Å². The van der Waals surface area contributed by atoms with Gasteiger partial charge in [-0.25, -0.2) is 18.6 Å². The quantitative estimate of drug-likeness (QED) is 0.210. The fourth-order valence-corrected chi connectivity index (χ4v) is 4.66. The fraction of sp³-hybridized carbons (Fsp3) is 0.192. The van der Waals surface area contributed by atoms with Crippen molar-refractivity contribution in [3.05, 3.63) is 78.4 Å². The van der Waals surface area contributed by atoms with Gasteiger partial charge < -0.3 is 18.9 Å². The van der Waals surface area contributed by atoms with E-state index in [1.807, 2.05) is 0 Å². The smallest absolute Gasteiger partial charge is 0.343 e. The summed E-state index contributed by atoms with van der Waals surface area (Å²) in [5.74, 6) is -0.0783. The van der Waals surface area contributed by atoms with Crippen molar-refractivity contribution in [1.29, 1.82) is 0 Å². The molecule has 1 N–H and O–H groups in total. The molecule has 0 aliphatic carbocycles. The third-order valence-corrected chi connectivity index (χ3v) is 6.92. The number of sulfonamides is 1. The molecule has 0 spiro atoms. The molecule has 200 valence electrons. The summed E-state index contributed by atoms with van der Waals surface area (Å²) in [6, 6.07) is 18.9. The summed E-state index contributed by atoms with van der Waals surface area (Å²) in [5.41, 5.74) is 3.12. The average molecular weight is 542 g/mol. The maximum absolute atomic E-state index is 13.5. The monoisotopic (exact) mass is 541 g/mol. The second-order valence-corrected chi connectivity index (χ2v) is 9.45. The fourth-order valence-electron chi connectivity index (χ4n) is 3.21. The normalized spacial score (nSPS) is 11.0. The maximum atomic E-state index is 13.5. The first kappa shape index (κ1) is 28.0. The van der Waals surface area contributed by atoms with Crippen molar-refractivity contribution in [2.45, 2.75) is 4.90 Å². The Labute approximate surface area is 220 Å². The summed E-state index contributed by atoms with van der Waals surface area (Å²) in [5, 5.41) is 3.92. The molecule has 1 amide bonds. The Hall–Kier alpha value is -4.58. The van der Waals surface area contributed by atoms with Crippen LogP contribution < -0.4 is 23.9 Å². The molecule has 38 heavy (non-hydrogen) atoms. The summed E-state index contributed by atoms with van der Waals surface area (Å²) < 4.78 is 48.3. The molecule has 12 heteroatoms. The first-order valence-corrected chi connectivity index (χ1v) is 12.6. The van der Waals surface area contributed by atoms with E-state index in [2.05, 4.69) is 15.3 Å². The van der Waals surface area contributed by atoms with E-state index in [0.29, 0.717) is 17.1 Å². The van der Waals surface area contributed by atoms with Crippen LogP contribution >= 0.6 is 0 Å². The lowest BCUT2D eigenvalue weighted by Gasteiger charge is -2.25. The van der Waals surface area contributed by atoms with E-state index < -0.39 is 28.4 Å².